The highest BCUT2D eigenvalue weighted by Gasteiger charge is 2.05. The van der Waals surface area contributed by atoms with Gasteiger partial charge in [-0.15, -0.1) is 11.3 Å². The highest BCUT2D eigenvalue weighted by molar-refractivity contribution is 7.16. The normalized spacial score (nSPS) is 12.4. The summed E-state index contributed by atoms with van der Waals surface area (Å²) in [5, 5.41) is 0. The van der Waals surface area contributed by atoms with Crippen LogP contribution in [0.15, 0.2) is 36.4 Å². The van der Waals surface area contributed by atoms with E-state index in [9.17, 15) is 0 Å². The maximum absolute atomic E-state index is 5.93. The van der Waals surface area contributed by atoms with Crippen LogP contribution in [0.5, 0.6) is 0 Å². The SMILES string of the molecule is C[C@@H](N)c1ccc(N(C)Cc2ccc(Cl)s2)cc1. The van der Waals surface area contributed by atoms with Gasteiger partial charge in [0, 0.05) is 23.7 Å². The van der Waals surface area contributed by atoms with Crippen molar-refractivity contribution in [2.45, 2.75) is 19.5 Å². The van der Waals surface area contributed by atoms with E-state index >= 15 is 0 Å². The Kier molecular flexibility index (Phi) is 4.27. The van der Waals surface area contributed by atoms with E-state index in [0.29, 0.717) is 0 Å². The van der Waals surface area contributed by atoms with Gasteiger partial charge in [0.1, 0.15) is 0 Å². The predicted octanol–water partition coefficient (Wildman–Crippen LogP) is 4.06. The Morgan fingerprint density at radius 2 is 1.89 bits per heavy atom. The van der Waals surface area contributed by atoms with Crippen molar-refractivity contribution in [1.29, 1.82) is 0 Å². The molecule has 4 heteroatoms. The van der Waals surface area contributed by atoms with Crippen molar-refractivity contribution in [2.75, 3.05) is 11.9 Å². The fourth-order valence-electron chi connectivity index (χ4n) is 1.79. The Hall–Kier alpha value is -1.03. The molecule has 2 nitrogen and oxygen atoms in total. The van der Waals surface area contributed by atoms with Crippen molar-refractivity contribution in [3.63, 3.8) is 0 Å². The van der Waals surface area contributed by atoms with Crippen LogP contribution in [-0.4, -0.2) is 7.05 Å². The Morgan fingerprint density at radius 1 is 1.22 bits per heavy atom. The fourth-order valence-corrected chi connectivity index (χ4v) is 2.94. The third-order valence-corrected chi connectivity index (χ3v) is 4.10. The zero-order chi connectivity index (χ0) is 13.1. The van der Waals surface area contributed by atoms with Crippen molar-refractivity contribution in [3.05, 3.63) is 51.2 Å². The van der Waals surface area contributed by atoms with Gasteiger partial charge in [0.05, 0.1) is 10.9 Å². The predicted molar refractivity (Wildman–Crippen MR) is 80.5 cm³/mol. The van der Waals surface area contributed by atoms with E-state index in [1.807, 2.05) is 13.0 Å². The monoisotopic (exact) mass is 280 g/mol. The van der Waals surface area contributed by atoms with Crippen LogP contribution >= 0.6 is 22.9 Å². The first-order valence-electron chi connectivity index (χ1n) is 5.87. The Bertz CT molecular complexity index is 505. The standard InChI is InChI=1S/C14H17ClN2S/c1-10(16)11-3-5-12(6-4-11)17(2)9-13-7-8-14(15)18-13/h3-8,10H,9,16H2,1-2H3/t10-/m1/s1. The van der Waals surface area contributed by atoms with E-state index in [2.05, 4.69) is 42.3 Å². The largest absolute Gasteiger partial charge is 0.369 e. The number of halogens is 1. The van der Waals surface area contributed by atoms with Gasteiger partial charge in [-0.25, -0.2) is 0 Å². The highest BCUT2D eigenvalue weighted by Crippen LogP contribution is 2.25. The summed E-state index contributed by atoms with van der Waals surface area (Å²) in [7, 11) is 2.08. The molecule has 0 bridgehead atoms. The zero-order valence-electron chi connectivity index (χ0n) is 10.6. The van der Waals surface area contributed by atoms with Crippen molar-refractivity contribution in [2.24, 2.45) is 5.73 Å². The van der Waals surface area contributed by atoms with Gasteiger partial charge in [-0.1, -0.05) is 23.7 Å². The van der Waals surface area contributed by atoms with Crippen LogP contribution in [0, 0.1) is 0 Å². The molecular weight excluding hydrogens is 264 g/mol. The molecule has 1 aromatic carbocycles. The zero-order valence-corrected chi connectivity index (χ0v) is 12.1. The number of thiophene rings is 1. The molecule has 1 atom stereocenters. The lowest BCUT2D eigenvalue weighted by molar-refractivity contribution is 0.817. The molecular formula is C14H17ClN2S. The summed E-state index contributed by atoms with van der Waals surface area (Å²) >= 11 is 7.55. The molecule has 1 heterocycles. The minimum absolute atomic E-state index is 0.0838. The summed E-state index contributed by atoms with van der Waals surface area (Å²) in [6, 6.07) is 12.5. The topological polar surface area (TPSA) is 29.3 Å². The number of benzene rings is 1. The van der Waals surface area contributed by atoms with Crippen LogP contribution in [0.3, 0.4) is 0 Å². The molecule has 2 N–H and O–H groups in total. The summed E-state index contributed by atoms with van der Waals surface area (Å²) in [5.74, 6) is 0. The Morgan fingerprint density at radius 3 is 2.39 bits per heavy atom. The van der Waals surface area contributed by atoms with E-state index in [1.54, 1.807) is 11.3 Å². The van der Waals surface area contributed by atoms with Gasteiger partial charge in [0.2, 0.25) is 0 Å². The van der Waals surface area contributed by atoms with Crippen molar-refractivity contribution >= 4 is 28.6 Å². The third-order valence-electron chi connectivity index (χ3n) is 2.88. The van der Waals surface area contributed by atoms with Crippen LogP contribution in [0.4, 0.5) is 5.69 Å². The molecule has 2 rings (SSSR count). The number of nitrogens with zero attached hydrogens (tertiary/aromatic N) is 1. The first-order valence-corrected chi connectivity index (χ1v) is 7.06. The Balaban J connectivity index is 2.06. The molecule has 0 fully saturated rings. The first kappa shape index (κ1) is 13.4. The molecule has 18 heavy (non-hydrogen) atoms. The van der Waals surface area contributed by atoms with Crippen molar-refractivity contribution < 1.29 is 0 Å². The second-order valence-electron chi connectivity index (χ2n) is 4.44. The summed E-state index contributed by atoms with van der Waals surface area (Å²) < 4.78 is 0.839. The maximum Gasteiger partial charge on any atom is 0.0931 e. The number of hydrogen-bond acceptors (Lipinski definition) is 3. The first-order chi connectivity index (χ1) is 8.56. The van der Waals surface area contributed by atoms with Crippen LogP contribution < -0.4 is 10.6 Å². The number of hydrogen-bond donors (Lipinski definition) is 1. The van der Waals surface area contributed by atoms with Gasteiger partial charge < -0.3 is 10.6 Å². The average molecular weight is 281 g/mol. The van der Waals surface area contributed by atoms with Crippen molar-refractivity contribution in [3.8, 4) is 0 Å². The quantitative estimate of drug-likeness (QED) is 0.915. The lowest BCUT2D eigenvalue weighted by Gasteiger charge is -2.19. The van der Waals surface area contributed by atoms with E-state index in [0.717, 1.165) is 16.4 Å². The van der Waals surface area contributed by atoms with Crippen LogP contribution in [0.1, 0.15) is 23.4 Å². The van der Waals surface area contributed by atoms with Gasteiger partial charge in [0.25, 0.3) is 0 Å². The molecule has 0 aliphatic heterocycles. The second kappa shape index (κ2) is 5.74. The molecule has 0 aliphatic carbocycles. The number of rotatable bonds is 4. The second-order valence-corrected chi connectivity index (χ2v) is 6.24. The molecule has 0 saturated heterocycles. The average Bonchev–Trinajstić information content (AvgIpc) is 2.75. The molecule has 96 valence electrons. The van der Waals surface area contributed by atoms with Gasteiger partial charge >= 0.3 is 0 Å². The summed E-state index contributed by atoms with van der Waals surface area (Å²) in [6.07, 6.45) is 0. The van der Waals surface area contributed by atoms with E-state index < -0.39 is 0 Å². The highest BCUT2D eigenvalue weighted by atomic mass is 35.5. The van der Waals surface area contributed by atoms with Crippen LogP contribution in [0.2, 0.25) is 4.34 Å². The van der Waals surface area contributed by atoms with E-state index in [-0.39, 0.29) is 6.04 Å². The fraction of sp³-hybridized carbons (Fsp3) is 0.286. The molecule has 0 radical (unpaired) electrons. The maximum atomic E-state index is 5.93. The molecule has 0 aliphatic rings. The number of anilines is 1. The van der Waals surface area contributed by atoms with Crippen molar-refractivity contribution in [1.82, 2.24) is 0 Å². The number of nitrogens with two attached hydrogens (primary N) is 1. The minimum atomic E-state index is 0.0838. The summed E-state index contributed by atoms with van der Waals surface area (Å²) in [4.78, 5) is 3.46. The van der Waals surface area contributed by atoms with Gasteiger partial charge in [-0.3, -0.25) is 0 Å². The molecule has 0 saturated carbocycles. The third kappa shape index (κ3) is 3.25. The van der Waals surface area contributed by atoms with Gasteiger partial charge in [-0.2, -0.15) is 0 Å². The van der Waals surface area contributed by atoms with E-state index in [1.165, 1.54) is 10.6 Å². The molecule has 0 amide bonds. The molecule has 2 aromatic rings. The minimum Gasteiger partial charge on any atom is -0.369 e. The van der Waals surface area contributed by atoms with Gasteiger partial charge in [-0.05, 0) is 36.8 Å². The molecule has 0 unspecified atom stereocenters. The van der Waals surface area contributed by atoms with E-state index in [4.69, 9.17) is 17.3 Å². The van der Waals surface area contributed by atoms with Crippen LogP contribution in [0.25, 0.3) is 0 Å². The smallest absolute Gasteiger partial charge is 0.0931 e. The van der Waals surface area contributed by atoms with Crippen LogP contribution in [-0.2, 0) is 6.54 Å². The molecule has 0 spiro atoms. The Labute approximate surface area is 117 Å². The lowest BCUT2D eigenvalue weighted by Crippen LogP contribution is -2.15. The molecule has 1 aromatic heterocycles. The van der Waals surface area contributed by atoms with Gasteiger partial charge in [0.15, 0.2) is 0 Å². The summed E-state index contributed by atoms with van der Waals surface area (Å²) in [5.41, 5.74) is 8.18. The lowest BCUT2D eigenvalue weighted by atomic mass is 10.1. The summed E-state index contributed by atoms with van der Waals surface area (Å²) in [6.45, 7) is 2.86.